The Balaban J connectivity index is 1.76. The molecule has 2 saturated heterocycles. The Morgan fingerprint density at radius 2 is 2.00 bits per heavy atom. The van der Waals surface area contributed by atoms with E-state index in [0.29, 0.717) is 6.42 Å². The van der Waals surface area contributed by atoms with E-state index < -0.39 is 18.1 Å². The third-order valence-corrected chi connectivity index (χ3v) is 4.75. The van der Waals surface area contributed by atoms with Crippen molar-refractivity contribution in [1.82, 2.24) is 4.90 Å². The summed E-state index contributed by atoms with van der Waals surface area (Å²) < 4.78 is 0. The molecule has 0 radical (unpaired) electrons. The maximum atomic E-state index is 12.5. The lowest BCUT2D eigenvalue weighted by molar-refractivity contribution is -0.153. The maximum absolute atomic E-state index is 12.5. The first-order valence-electron chi connectivity index (χ1n) is 7.42. The molecule has 4 atom stereocenters. The number of carbonyl (C=O) groups is 2. The van der Waals surface area contributed by atoms with Crippen molar-refractivity contribution in [2.75, 3.05) is 0 Å². The van der Waals surface area contributed by atoms with E-state index in [1.807, 2.05) is 30.3 Å². The third kappa shape index (κ3) is 2.53. The molecule has 5 nitrogen and oxygen atoms in total. The molecular weight excluding hydrogens is 268 g/mol. The fourth-order valence-corrected chi connectivity index (χ4v) is 3.69. The molecule has 0 aliphatic carbocycles. The summed E-state index contributed by atoms with van der Waals surface area (Å²) in [5.74, 6) is -1.02. The van der Waals surface area contributed by atoms with E-state index in [1.165, 1.54) is 10.5 Å². The minimum absolute atomic E-state index is 0.0344. The number of nitrogens with zero attached hydrogens (tertiary/aromatic N) is 1. The van der Waals surface area contributed by atoms with Gasteiger partial charge >= 0.3 is 5.97 Å². The van der Waals surface area contributed by atoms with E-state index in [9.17, 15) is 14.7 Å². The number of benzene rings is 1. The smallest absolute Gasteiger partial charge is 0.326 e. The SMILES string of the molecule is NC1C(=O)N2C(CCC2C(=O)O)C[C@H]1Cc1ccccc1. The van der Waals surface area contributed by atoms with Crippen LogP contribution >= 0.6 is 0 Å². The van der Waals surface area contributed by atoms with Crippen molar-refractivity contribution in [2.24, 2.45) is 11.7 Å². The Kier molecular flexibility index (Phi) is 3.68. The van der Waals surface area contributed by atoms with Crippen LogP contribution in [0.2, 0.25) is 0 Å². The average molecular weight is 288 g/mol. The number of piperidine rings is 1. The molecule has 3 unspecified atom stereocenters. The maximum Gasteiger partial charge on any atom is 0.326 e. The zero-order chi connectivity index (χ0) is 15.0. The summed E-state index contributed by atoms with van der Waals surface area (Å²) in [4.78, 5) is 25.2. The molecule has 1 aromatic carbocycles. The van der Waals surface area contributed by atoms with Crippen LogP contribution in [0.1, 0.15) is 24.8 Å². The van der Waals surface area contributed by atoms with Gasteiger partial charge in [-0.2, -0.15) is 0 Å². The Morgan fingerprint density at radius 3 is 2.67 bits per heavy atom. The van der Waals surface area contributed by atoms with Crippen LogP contribution in [0.25, 0.3) is 0 Å². The predicted octanol–water partition coefficient (Wildman–Crippen LogP) is 1.02. The van der Waals surface area contributed by atoms with Crippen molar-refractivity contribution in [3.63, 3.8) is 0 Å². The second-order valence-electron chi connectivity index (χ2n) is 6.04. The predicted molar refractivity (Wildman–Crippen MR) is 77.5 cm³/mol. The Hall–Kier alpha value is -1.88. The quantitative estimate of drug-likeness (QED) is 0.870. The van der Waals surface area contributed by atoms with Gasteiger partial charge in [-0.15, -0.1) is 0 Å². The Morgan fingerprint density at radius 1 is 1.29 bits per heavy atom. The van der Waals surface area contributed by atoms with Gasteiger partial charge in [0, 0.05) is 6.04 Å². The summed E-state index contributed by atoms with van der Waals surface area (Å²) in [5.41, 5.74) is 7.28. The zero-order valence-corrected chi connectivity index (χ0v) is 11.8. The molecule has 21 heavy (non-hydrogen) atoms. The first-order chi connectivity index (χ1) is 10.1. The minimum Gasteiger partial charge on any atom is -0.480 e. The van der Waals surface area contributed by atoms with Gasteiger partial charge in [0.2, 0.25) is 5.91 Å². The van der Waals surface area contributed by atoms with E-state index in [0.717, 1.165) is 19.3 Å². The number of carbonyl (C=O) groups excluding carboxylic acids is 1. The van der Waals surface area contributed by atoms with Crippen molar-refractivity contribution in [1.29, 1.82) is 0 Å². The molecule has 112 valence electrons. The van der Waals surface area contributed by atoms with Crippen LogP contribution in [0.3, 0.4) is 0 Å². The molecule has 2 heterocycles. The number of amides is 1. The van der Waals surface area contributed by atoms with Gasteiger partial charge in [0.05, 0.1) is 6.04 Å². The highest BCUT2D eigenvalue weighted by molar-refractivity contribution is 5.88. The van der Waals surface area contributed by atoms with E-state index in [-0.39, 0.29) is 17.9 Å². The largest absolute Gasteiger partial charge is 0.480 e. The Bertz CT molecular complexity index is 546. The van der Waals surface area contributed by atoms with Gasteiger partial charge in [-0.3, -0.25) is 4.79 Å². The number of hydrogen-bond acceptors (Lipinski definition) is 3. The summed E-state index contributed by atoms with van der Waals surface area (Å²) in [6.45, 7) is 0. The van der Waals surface area contributed by atoms with Gasteiger partial charge in [0.15, 0.2) is 0 Å². The van der Waals surface area contributed by atoms with Crippen LogP contribution in [0, 0.1) is 5.92 Å². The first-order valence-corrected chi connectivity index (χ1v) is 7.42. The van der Waals surface area contributed by atoms with Gasteiger partial charge < -0.3 is 15.7 Å². The van der Waals surface area contributed by atoms with Crippen LogP contribution in [0.15, 0.2) is 30.3 Å². The third-order valence-electron chi connectivity index (χ3n) is 4.75. The molecule has 0 saturated carbocycles. The number of carboxylic acids is 1. The van der Waals surface area contributed by atoms with E-state index >= 15 is 0 Å². The fraction of sp³-hybridized carbons (Fsp3) is 0.500. The van der Waals surface area contributed by atoms with E-state index in [4.69, 9.17) is 5.73 Å². The molecule has 2 aliphatic heterocycles. The van der Waals surface area contributed by atoms with Crippen molar-refractivity contribution < 1.29 is 14.7 Å². The van der Waals surface area contributed by atoms with Crippen LogP contribution in [-0.4, -0.2) is 40.0 Å². The highest BCUT2D eigenvalue weighted by Gasteiger charge is 2.48. The molecule has 3 rings (SSSR count). The lowest BCUT2D eigenvalue weighted by atomic mass is 9.82. The molecule has 2 aliphatic rings. The summed E-state index contributed by atoms with van der Waals surface area (Å²) in [7, 11) is 0. The Labute approximate surface area is 123 Å². The second kappa shape index (κ2) is 5.48. The highest BCUT2D eigenvalue weighted by Crippen LogP contribution is 2.36. The van der Waals surface area contributed by atoms with Crippen molar-refractivity contribution in [3.05, 3.63) is 35.9 Å². The number of carboxylic acid groups (broad SMARTS) is 1. The van der Waals surface area contributed by atoms with E-state index in [1.54, 1.807) is 0 Å². The first kappa shape index (κ1) is 14.1. The second-order valence-corrected chi connectivity index (χ2v) is 6.04. The van der Waals surface area contributed by atoms with Crippen LogP contribution in [0.5, 0.6) is 0 Å². The molecular formula is C16H20N2O3. The van der Waals surface area contributed by atoms with Gasteiger partial charge in [-0.05, 0) is 37.2 Å². The van der Waals surface area contributed by atoms with Gasteiger partial charge in [0.1, 0.15) is 6.04 Å². The molecule has 3 N–H and O–H groups in total. The van der Waals surface area contributed by atoms with Gasteiger partial charge in [-0.1, -0.05) is 30.3 Å². The lowest BCUT2D eigenvalue weighted by Crippen LogP contribution is -2.59. The summed E-state index contributed by atoms with van der Waals surface area (Å²) in [5, 5.41) is 9.22. The van der Waals surface area contributed by atoms with Crippen molar-refractivity contribution in [3.8, 4) is 0 Å². The summed E-state index contributed by atoms with van der Waals surface area (Å²) in [6, 6.07) is 8.75. The topological polar surface area (TPSA) is 83.6 Å². The van der Waals surface area contributed by atoms with Crippen LogP contribution < -0.4 is 5.73 Å². The van der Waals surface area contributed by atoms with Gasteiger partial charge in [0.25, 0.3) is 0 Å². The number of aliphatic carboxylic acids is 1. The van der Waals surface area contributed by atoms with E-state index in [2.05, 4.69) is 0 Å². The molecule has 1 amide bonds. The van der Waals surface area contributed by atoms with Crippen LogP contribution in [-0.2, 0) is 16.0 Å². The van der Waals surface area contributed by atoms with Crippen molar-refractivity contribution >= 4 is 11.9 Å². The normalized spacial score (nSPS) is 32.0. The summed E-state index contributed by atoms with van der Waals surface area (Å²) >= 11 is 0. The van der Waals surface area contributed by atoms with Crippen molar-refractivity contribution in [2.45, 2.75) is 43.8 Å². The highest BCUT2D eigenvalue weighted by atomic mass is 16.4. The monoisotopic (exact) mass is 288 g/mol. The van der Waals surface area contributed by atoms with Gasteiger partial charge in [-0.25, -0.2) is 4.79 Å². The summed E-state index contributed by atoms with van der Waals surface area (Å²) in [6.07, 6.45) is 2.87. The number of nitrogens with two attached hydrogens (primary N) is 1. The zero-order valence-electron chi connectivity index (χ0n) is 11.8. The number of rotatable bonds is 3. The standard InChI is InChI=1S/C16H20N2O3/c17-14-11(8-10-4-2-1-3-5-10)9-12-6-7-13(16(20)21)18(12)15(14)19/h1-5,11-14H,6-9,17H2,(H,20,21)/t11-,12?,13?,14?/m1/s1. The minimum atomic E-state index is -0.917. The number of fused-ring (bicyclic) bond motifs is 1. The molecule has 5 heteroatoms. The average Bonchev–Trinajstić information content (AvgIpc) is 2.89. The molecule has 0 spiro atoms. The lowest BCUT2D eigenvalue weighted by Gasteiger charge is -2.40. The fourth-order valence-electron chi connectivity index (χ4n) is 3.69. The molecule has 0 aromatic heterocycles. The molecule has 0 bridgehead atoms. The van der Waals surface area contributed by atoms with Crippen LogP contribution in [0.4, 0.5) is 0 Å². The number of hydrogen-bond donors (Lipinski definition) is 2. The molecule has 2 fully saturated rings. The molecule has 1 aromatic rings.